The topological polar surface area (TPSA) is 46.5 Å². The number of rotatable bonds is 2. The molecule has 0 unspecified atom stereocenters. The van der Waals surface area contributed by atoms with E-state index in [-0.39, 0.29) is 0 Å². The Morgan fingerprint density at radius 3 is 2.80 bits per heavy atom. The predicted molar refractivity (Wildman–Crippen MR) is 78.7 cm³/mol. The van der Waals surface area contributed by atoms with E-state index in [1.165, 1.54) is 0 Å². The van der Waals surface area contributed by atoms with Crippen LogP contribution in [0.4, 0.5) is 0 Å². The number of aryl methyl sites for hydroxylation is 2. The average Bonchev–Trinajstić information content (AvgIpc) is 2.95. The monoisotopic (exact) mass is 284 g/mol. The van der Waals surface area contributed by atoms with Gasteiger partial charge in [-0.3, -0.25) is 4.68 Å². The zero-order chi connectivity index (χ0) is 14.3. The van der Waals surface area contributed by atoms with Crippen molar-refractivity contribution in [2.75, 3.05) is 0 Å². The van der Waals surface area contributed by atoms with E-state index in [0.717, 1.165) is 22.3 Å². The summed E-state index contributed by atoms with van der Waals surface area (Å²) in [5.41, 5.74) is 3.57. The van der Waals surface area contributed by atoms with Gasteiger partial charge in [-0.2, -0.15) is 10.4 Å². The van der Waals surface area contributed by atoms with Crippen molar-refractivity contribution >= 4 is 22.5 Å². The lowest BCUT2D eigenvalue weighted by Gasteiger charge is -2.07. The van der Waals surface area contributed by atoms with Crippen molar-refractivity contribution in [2.24, 2.45) is 7.05 Å². The Hall–Kier alpha value is -2.25. The number of nitriles is 1. The molecule has 0 atom stereocenters. The molecule has 20 heavy (non-hydrogen) atoms. The summed E-state index contributed by atoms with van der Waals surface area (Å²) in [4.78, 5) is 0. The van der Waals surface area contributed by atoms with Crippen molar-refractivity contribution in [3.05, 3.63) is 52.4 Å². The molecule has 3 rings (SSSR count). The van der Waals surface area contributed by atoms with Gasteiger partial charge in [0.15, 0.2) is 0 Å². The second-order valence-electron chi connectivity index (χ2n) is 4.80. The van der Waals surface area contributed by atoms with Crippen molar-refractivity contribution in [3.63, 3.8) is 0 Å². The van der Waals surface area contributed by atoms with Crippen LogP contribution < -0.4 is 0 Å². The van der Waals surface area contributed by atoms with E-state index in [1.54, 1.807) is 0 Å². The smallest absolute Gasteiger partial charge is 0.0991 e. The molecule has 0 aliphatic carbocycles. The number of fused-ring (bicyclic) bond motifs is 1. The Balaban J connectivity index is 2.05. The molecule has 0 fully saturated rings. The molecule has 2 aromatic heterocycles. The molecule has 0 bridgehead atoms. The first-order valence-electron chi connectivity index (χ1n) is 6.27. The number of aromatic nitrogens is 3. The van der Waals surface area contributed by atoms with E-state index in [4.69, 9.17) is 16.9 Å². The average molecular weight is 285 g/mol. The van der Waals surface area contributed by atoms with Gasteiger partial charge < -0.3 is 4.57 Å². The molecule has 0 saturated carbocycles. The lowest BCUT2D eigenvalue weighted by Crippen LogP contribution is -2.05. The summed E-state index contributed by atoms with van der Waals surface area (Å²) in [7, 11) is 1.90. The van der Waals surface area contributed by atoms with Gasteiger partial charge in [-0.15, -0.1) is 0 Å². The van der Waals surface area contributed by atoms with Crippen molar-refractivity contribution in [3.8, 4) is 6.07 Å². The Morgan fingerprint density at radius 2 is 2.15 bits per heavy atom. The summed E-state index contributed by atoms with van der Waals surface area (Å²) >= 11 is 6.29. The molecule has 1 aromatic carbocycles. The fraction of sp³-hybridized carbons (Fsp3) is 0.200. The fourth-order valence-electron chi connectivity index (χ4n) is 2.42. The maximum absolute atomic E-state index is 8.93. The minimum atomic E-state index is 0.658. The second kappa shape index (κ2) is 4.69. The maximum Gasteiger partial charge on any atom is 0.0991 e. The van der Waals surface area contributed by atoms with Crippen LogP contribution in [0.2, 0.25) is 5.02 Å². The van der Waals surface area contributed by atoms with Gasteiger partial charge in [0.1, 0.15) is 0 Å². The Labute approximate surface area is 121 Å². The quantitative estimate of drug-likeness (QED) is 0.725. The molecule has 5 heteroatoms. The van der Waals surface area contributed by atoms with E-state index in [1.807, 2.05) is 49.1 Å². The van der Waals surface area contributed by atoms with Crippen LogP contribution in [-0.2, 0) is 13.6 Å². The first-order valence-corrected chi connectivity index (χ1v) is 6.65. The van der Waals surface area contributed by atoms with Crippen LogP contribution in [-0.4, -0.2) is 14.3 Å². The third-order valence-electron chi connectivity index (χ3n) is 3.48. The predicted octanol–water partition coefficient (Wildman–Crippen LogP) is 3.26. The van der Waals surface area contributed by atoms with E-state index < -0.39 is 0 Å². The summed E-state index contributed by atoms with van der Waals surface area (Å²) in [6, 6.07) is 9.84. The molecule has 0 N–H and O–H groups in total. The van der Waals surface area contributed by atoms with Gasteiger partial charge in [0.25, 0.3) is 0 Å². The van der Waals surface area contributed by atoms with Crippen LogP contribution in [0.5, 0.6) is 0 Å². The van der Waals surface area contributed by atoms with Gasteiger partial charge in [-0.25, -0.2) is 0 Å². The van der Waals surface area contributed by atoms with Crippen molar-refractivity contribution < 1.29 is 0 Å². The van der Waals surface area contributed by atoms with Gasteiger partial charge >= 0.3 is 0 Å². The summed E-state index contributed by atoms with van der Waals surface area (Å²) in [6.07, 6.45) is 2.00. The summed E-state index contributed by atoms with van der Waals surface area (Å²) in [5, 5.41) is 15.0. The first kappa shape index (κ1) is 12.8. The normalized spacial score (nSPS) is 10.9. The Morgan fingerprint density at radius 1 is 1.35 bits per heavy atom. The largest absolute Gasteiger partial charge is 0.341 e. The van der Waals surface area contributed by atoms with Gasteiger partial charge in [0, 0.05) is 24.1 Å². The van der Waals surface area contributed by atoms with Gasteiger partial charge in [-0.1, -0.05) is 11.6 Å². The van der Waals surface area contributed by atoms with Crippen LogP contribution in [0, 0.1) is 18.3 Å². The van der Waals surface area contributed by atoms with E-state index in [0.29, 0.717) is 17.1 Å². The summed E-state index contributed by atoms with van der Waals surface area (Å²) < 4.78 is 3.92. The highest BCUT2D eigenvalue weighted by Gasteiger charge is 2.12. The third-order valence-corrected chi connectivity index (χ3v) is 3.97. The van der Waals surface area contributed by atoms with Crippen molar-refractivity contribution in [1.82, 2.24) is 14.3 Å². The molecule has 100 valence electrons. The highest BCUT2D eigenvalue weighted by Crippen LogP contribution is 2.23. The van der Waals surface area contributed by atoms with Gasteiger partial charge in [0.05, 0.1) is 34.6 Å². The van der Waals surface area contributed by atoms with Crippen molar-refractivity contribution in [1.29, 1.82) is 5.26 Å². The fourth-order valence-corrected chi connectivity index (χ4v) is 2.64. The number of halogens is 1. The maximum atomic E-state index is 8.93. The molecular formula is C15H13ClN4. The van der Waals surface area contributed by atoms with Crippen LogP contribution in [0.3, 0.4) is 0 Å². The minimum absolute atomic E-state index is 0.658. The molecule has 0 spiro atoms. The molecule has 0 aliphatic heterocycles. The van der Waals surface area contributed by atoms with Gasteiger partial charge in [-0.05, 0) is 31.2 Å². The molecule has 0 radical (unpaired) electrons. The Bertz CT molecular complexity index is 836. The first-order chi connectivity index (χ1) is 9.60. The van der Waals surface area contributed by atoms with E-state index in [2.05, 4.69) is 15.7 Å². The molecule has 0 aliphatic rings. The molecule has 4 nitrogen and oxygen atoms in total. The molecule has 0 saturated heterocycles. The molecule has 2 heterocycles. The van der Waals surface area contributed by atoms with E-state index in [9.17, 15) is 0 Å². The lowest BCUT2D eigenvalue weighted by atomic mass is 10.2. The number of benzene rings is 1. The summed E-state index contributed by atoms with van der Waals surface area (Å²) in [5.74, 6) is 0. The number of hydrogen-bond acceptors (Lipinski definition) is 2. The highest BCUT2D eigenvalue weighted by atomic mass is 35.5. The van der Waals surface area contributed by atoms with Crippen LogP contribution in [0.1, 0.15) is 17.0 Å². The molecular weight excluding hydrogens is 272 g/mol. The third kappa shape index (κ3) is 1.97. The van der Waals surface area contributed by atoms with Crippen LogP contribution in [0.25, 0.3) is 10.9 Å². The summed E-state index contributed by atoms with van der Waals surface area (Å²) in [6.45, 7) is 2.56. The lowest BCUT2D eigenvalue weighted by molar-refractivity contribution is 0.673. The molecule has 3 aromatic rings. The van der Waals surface area contributed by atoms with E-state index >= 15 is 0 Å². The Kier molecular flexibility index (Phi) is 3.00. The zero-order valence-corrected chi connectivity index (χ0v) is 12.0. The second-order valence-corrected chi connectivity index (χ2v) is 5.18. The van der Waals surface area contributed by atoms with Crippen LogP contribution >= 0.6 is 11.6 Å². The van der Waals surface area contributed by atoms with Gasteiger partial charge in [0.2, 0.25) is 0 Å². The standard InChI is InChI=1S/C15H13ClN4/c1-10-15(16)14(19(2)18-10)9-20-6-5-12-7-11(8-17)3-4-13(12)20/h3-7H,9H2,1-2H3. The molecule has 0 amide bonds. The SMILES string of the molecule is Cc1nn(C)c(Cn2ccc3cc(C#N)ccc32)c1Cl. The number of hydrogen-bond donors (Lipinski definition) is 0. The minimum Gasteiger partial charge on any atom is -0.341 e. The van der Waals surface area contributed by atoms with Crippen LogP contribution in [0.15, 0.2) is 30.5 Å². The van der Waals surface area contributed by atoms with Crippen molar-refractivity contribution in [2.45, 2.75) is 13.5 Å². The number of nitrogens with zero attached hydrogens (tertiary/aromatic N) is 4. The highest BCUT2D eigenvalue weighted by molar-refractivity contribution is 6.31. The zero-order valence-electron chi connectivity index (χ0n) is 11.3.